The van der Waals surface area contributed by atoms with Gasteiger partial charge in [-0.15, -0.1) is 0 Å². The van der Waals surface area contributed by atoms with Crippen molar-refractivity contribution in [2.24, 2.45) is 5.92 Å². The maximum absolute atomic E-state index is 13.2. The van der Waals surface area contributed by atoms with Gasteiger partial charge < -0.3 is 9.80 Å². The monoisotopic (exact) mass is 332 g/mol. The lowest BCUT2D eigenvalue weighted by Gasteiger charge is -2.42. The number of hydrogen-bond donors (Lipinski definition) is 0. The van der Waals surface area contributed by atoms with Gasteiger partial charge in [0.25, 0.3) is 5.91 Å². The summed E-state index contributed by atoms with van der Waals surface area (Å²) in [6.45, 7) is 8.71. The summed E-state index contributed by atoms with van der Waals surface area (Å²) in [5, 5.41) is 4.42. The van der Waals surface area contributed by atoms with Gasteiger partial charge in [-0.25, -0.2) is 0 Å². The minimum Gasteiger partial charge on any atom is -0.343 e. The highest BCUT2D eigenvalue weighted by molar-refractivity contribution is 5.95. The maximum Gasteiger partial charge on any atom is 0.257 e. The Labute approximate surface area is 143 Å². The number of likely N-dealkylation sites (tertiary alicyclic amines) is 2. The molecule has 0 N–H and O–H groups in total. The van der Waals surface area contributed by atoms with Gasteiger partial charge in [0.15, 0.2) is 0 Å². The third-order valence-electron chi connectivity index (χ3n) is 5.53. The molecule has 3 rings (SSSR count). The molecule has 0 aromatic carbocycles. The van der Waals surface area contributed by atoms with E-state index in [0.29, 0.717) is 5.92 Å². The number of carbonyl (C=O) groups is 2. The van der Waals surface area contributed by atoms with E-state index in [4.69, 9.17) is 0 Å². The molecule has 2 saturated heterocycles. The summed E-state index contributed by atoms with van der Waals surface area (Å²) in [4.78, 5) is 28.9. The number of fused-ring (bicyclic) bond motifs is 1. The zero-order chi connectivity index (χ0) is 17.3. The average Bonchev–Trinajstić information content (AvgIpc) is 2.82. The van der Waals surface area contributed by atoms with Crippen LogP contribution in [0.3, 0.4) is 0 Å². The Bertz CT molecular complexity index is 625. The first-order valence-corrected chi connectivity index (χ1v) is 9.11. The Hall–Kier alpha value is -1.85. The second-order valence-corrected chi connectivity index (χ2v) is 7.06. The number of hydrogen-bond acceptors (Lipinski definition) is 3. The maximum atomic E-state index is 13.2. The van der Waals surface area contributed by atoms with E-state index >= 15 is 0 Å². The fraction of sp³-hybridized carbons (Fsp3) is 0.722. The van der Waals surface area contributed by atoms with E-state index in [0.717, 1.165) is 63.1 Å². The van der Waals surface area contributed by atoms with Crippen LogP contribution in [0.5, 0.6) is 0 Å². The lowest BCUT2D eigenvalue weighted by Crippen LogP contribution is -2.53. The van der Waals surface area contributed by atoms with E-state index in [1.807, 2.05) is 29.6 Å². The minimum atomic E-state index is 0.111. The van der Waals surface area contributed by atoms with Crippen LogP contribution in [0.2, 0.25) is 0 Å². The van der Waals surface area contributed by atoms with Crippen LogP contribution in [-0.4, -0.2) is 57.1 Å². The summed E-state index contributed by atoms with van der Waals surface area (Å²) in [7, 11) is 0. The molecule has 0 saturated carbocycles. The van der Waals surface area contributed by atoms with Crippen LogP contribution < -0.4 is 0 Å². The highest BCUT2D eigenvalue weighted by Gasteiger charge is 2.38. The first-order valence-electron chi connectivity index (χ1n) is 9.11. The molecule has 2 atom stereocenters. The fourth-order valence-corrected chi connectivity index (χ4v) is 4.15. The molecule has 2 fully saturated rings. The van der Waals surface area contributed by atoms with E-state index in [1.54, 1.807) is 6.92 Å². The van der Waals surface area contributed by atoms with Gasteiger partial charge in [0.05, 0.1) is 11.3 Å². The van der Waals surface area contributed by atoms with Crippen LogP contribution in [0.25, 0.3) is 0 Å². The zero-order valence-corrected chi connectivity index (χ0v) is 15.0. The van der Waals surface area contributed by atoms with E-state index in [-0.39, 0.29) is 17.9 Å². The van der Waals surface area contributed by atoms with E-state index < -0.39 is 0 Å². The minimum absolute atomic E-state index is 0.111. The normalized spacial score (nSPS) is 24.5. The van der Waals surface area contributed by atoms with Crippen LogP contribution in [0.4, 0.5) is 0 Å². The molecule has 0 bridgehead atoms. The van der Waals surface area contributed by atoms with Crippen molar-refractivity contribution in [3.63, 3.8) is 0 Å². The second-order valence-electron chi connectivity index (χ2n) is 7.06. The highest BCUT2D eigenvalue weighted by Crippen LogP contribution is 2.31. The molecule has 0 unspecified atom stereocenters. The van der Waals surface area contributed by atoms with Crippen molar-refractivity contribution in [1.82, 2.24) is 19.6 Å². The van der Waals surface area contributed by atoms with Crippen LogP contribution in [0, 0.1) is 12.8 Å². The molecule has 6 nitrogen and oxygen atoms in total. The van der Waals surface area contributed by atoms with Gasteiger partial charge >= 0.3 is 0 Å². The van der Waals surface area contributed by atoms with Crippen molar-refractivity contribution in [2.45, 2.75) is 59.0 Å². The lowest BCUT2D eigenvalue weighted by molar-refractivity contribution is -0.131. The topological polar surface area (TPSA) is 58.4 Å². The molecule has 2 amide bonds. The quantitative estimate of drug-likeness (QED) is 0.833. The summed E-state index contributed by atoms with van der Waals surface area (Å²) >= 11 is 0. The molecule has 1 aromatic heterocycles. The molecule has 132 valence electrons. The van der Waals surface area contributed by atoms with Gasteiger partial charge in [0.2, 0.25) is 5.91 Å². The first-order chi connectivity index (χ1) is 11.5. The number of amides is 2. The fourth-order valence-electron chi connectivity index (χ4n) is 4.15. The van der Waals surface area contributed by atoms with Gasteiger partial charge in [0.1, 0.15) is 0 Å². The Morgan fingerprint density at radius 1 is 1.25 bits per heavy atom. The molecule has 0 aliphatic carbocycles. The SMILES string of the molecule is CCn1cc(C(=O)N2CCCC[C@H]3CN(C(C)=O)CC[C@H]32)c(C)n1. The molecule has 6 heteroatoms. The molecule has 3 heterocycles. The molecule has 0 spiro atoms. The average molecular weight is 332 g/mol. The first kappa shape index (κ1) is 17.0. The van der Waals surface area contributed by atoms with Crippen molar-refractivity contribution in [2.75, 3.05) is 19.6 Å². The predicted molar refractivity (Wildman–Crippen MR) is 91.7 cm³/mol. The summed E-state index contributed by atoms with van der Waals surface area (Å²) in [6, 6.07) is 0.250. The third-order valence-corrected chi connectivity index (χ3v) is 5.53. The number of piperidine rings is 1. The number of nitrogens with zero attached hydrogens (tertiary/aromatic N) is 4. The Kier molecular flexibility index (Phi) is 4.92. The third kappa shape index (κ3) is 3.19. The van der Waals surface area contributed by atoms with E-state index in [9.17, 15) is 9.59 Å². The largest absolute Gasteiger partial charge is 0.343 e. The summed E-state index contributed by atoms with van der Waals surface area (Å²) in [5.74, 6) is 0.659. The smallest absolute Gasteiger partial charge is 0.257 e. The lowest BCUT2D eigenvalue weighted by atomic mass is 9.88. The van der Waals surface area contributed by atoms with E-state index in [2.05, 4.69) is 10.00 Å². The van der Waals surface area contributed by atoms with Crippen molar-refractivity contribution < 1.29 is 9.59 Å². The number of aromatic nitrogens is 2. The molecule has 2 aliphatic heterocycles. The van der Waals surface area contributed by atoms with Gasteiger partial charge in [-0.2, -0.15) is 5.10 Å². The van der Waals surface area contributed by atoms with Gasteiger partial charge in [-0.3, -0.25) is 14.3 Å². The zero-order valence-electron chi connectivity index (χ0n) is 15.0. The van der Waals surface area contributed by atoms with Crippen molar-refractivity contribution in [1.29, 1.82) is 0 Å². The van der Waals surface area contributed by atoms with Gasteiger partial charge in [0, 0.05) is 45.3 Å². The number of rotatable bonds is 2. The number of aryl methyl sites for hydroxylation is 2. The Balaban J connectivity index is 1.82. The van der Waals surface area contributed by atoms with Crippen LogP contribution in [-0.2, 0) is 11.3 Å². The highest BCUT2D eigenvalue weighted by atomic mass is 16.2. The Morgan fingerprint density at radius 3 is 2.71 bits per heavy atom. The van der Waals surface area contributed by atoms with Crippen LogP contribution >= 0.6 is 0 Å². The van der Waals surface area contributed by atoms with Crippen molar-refractivity contribution in [3.05, 3.63) is 17.5 Å². The second kappa shape index (κ2) is 6.95. The summed E-state index contributed by atoms with van der Waals surface area (Å²) in [5.41, 5.74) is 1.54. The number of carbonyl (C=O) groups excluding carboxylic acids is 2. The van der Waals surface area contributed by atoms with Crippen LogP contribution in [0.15, 0.2) is 6.20 Å². The summed E-state index contributed by atoms with van der Waals surface area (Å²) < 4.78 is 1.83. The molecule has 1 aromatic rings. The van der Waals surface area contributed by atoms with Crippen molar-refractivity contribution in [3.8, 4) is 0 Å². The van der Waals surface area contributed by atoms with E-state index in [1.165, 1.54) is 0 Å². The molecule has 2 aliphatic rings. The molecular weight excluding hydrogens is 304 g/mol. The Morgan fingerprint density at radius 2 is 2.04 bits per heavy atom. The molecular formula is C18H28N4O2. The van der Waals surface area contributed by atoms with Gasteiger partial charge in [-0.1, -0.05) is 6.42 Å². The standard InChI is InChI=1S/C18H28N4O2/c1-4-21-12-16(13(2)19-21)18(24)22-9-6-5-7-15-11-20(14(3)23)10-8-17(15)22/h12,15,17H,4-11H2,1-3H3/t15-,17+/m0/s1. The van der Waals surface area contributed by atoms with Crippen LogP contribution in [0.1, 0.15) is 55.6 Å². The predicted octanol–water partition coefficient (Wildman–Crippen LogP) is 2.07. The van der Waals surface area contributed by atoms with Gasteiger partial charge in [-0.05, 0) is 39.0 Å². The molecule has 0 radical (unpaired) electrons. The molecule has 24 heavy (non-hydrogen) atoms. The van der Waals surface area contributed by atoms with Crippen molar-refractivity contribution >= 4 is 11.8 Å². The summed E-state index contributed by atoms with van der Waals surface area (Å²) in [6.07, 6.45) is 6.04.